The van der Waals surface area contributed by atoms with E-state index in [2.05, 4.69) is 11.5 Å². The number of hydrogen-bond donors (Lipinski definition) is 0. The summed E-state index contributed by atoms with van der Waals surface area (Å²) < 4.78 is 45.8. The summed E-state index contributed by atoms with van der Waals surface area (Å²) in [5.74, 6) is -2.08. The van der Waals surface area contributed by atoms with Gasteiger partial charge in [-0.15, -0.1) is 0 Å². The van der Waals surface area contributed by atoms with Crippen LogP contribution in [-0.2, 0) is 26.2 Å². The van der Waals surface area contributed by atoms with Crippen LogP contribution in [-0.4, -0.2) is 14.5 Å². The fourth-order valence-electron chi connectivity index (χ4n) is 4.93. The van der Waals surface area contributed by atoms with Gasteiger partial charge in [0.15, 0.2) is 11.6 Å². The standard InChI is InChI=1S/C32H30F3N3/c1-2-3-18-38-26(19-36-32(38)24-11-5-4-6-12-24)21-37(22-28-29(33)16-17-30(34)31(28)35)20-25-14-9-13-23-10-7-8-15-27(23)25/h4-17,19H,2-3,18,20-22H2,1H3. The van der Waals surface area contributed by atoms with E-state index in [1.54, 1.807) is 0 Å². The van der Waals surface area contributed by atoms with Crippen molar-refractivity contribution in [3.63, 3.8) is 0 Å². The molecule has 0 N–H and O–H groups in total. The molecular formula is C32H30F3N3. The number of aromatic nitrogens is 2. The van der Waals surface area contributed by atoms with E-state index in [0.29, 0.717) is 13.1 Å². The summed E-state index contributed by atoms with van der Waals surface area (Å²) in [5, 5.41) is 2.16. The molecular weight excluding hydrogens is 483 g/mol. The Bertz CT molecular complexity index is 1520. The predicted octanol–water partition coefficient (Wildman–Crippen LogP) is 8.12. The zero-order valence-electron chi connectivity index (χ0n) is 21.4. The number of nitrogens with zero attached hydrogens (tertiary/aromatic N) is 3. The second kappa shape index (κ2) is 11.7. The summed E-state index contributed by atoms with van der Waals surface area (Å²) in [6.07, 6.45) is 3.83. The molecule has 1 heterocycles. The van der Waals surface area contributed by atoms with E-state index >= 15 is 0 Å². The molecule has 0 fully saturated rings. The van der Waals surface area contributed by atoms with Gasteiger partial charge in [-0.2, -0.15) is 0 Å². The zero-order valence-corrected chi connectivity index (χ0v) is 21.4. The molecule has 194 valence electrons. The molecule has 38 heavy (non-hydrogen) atoms. The monoisotopic (exact) mass is 513 g/mol. The van der Waals surface area contributed by atoms with Gasteiger partial charge in [0.1, 0.15) is 11.6 Å². The van der Waals surface area contributed by atoms with Crippen molar-refractivity contribution in [3.8, 4) is 11.4 Å². The maximum atomic E-state index is 14.8. The van der Waals surface area contributed by atoms with Crippen molar-refractivity contribution >= 4 is 10.8 Å². The minimum atomic E-state index is -1.14. The Hall–Kier alpha value is -3.90. The lowest BCUT2D eigenvalue weighted by Crippen LogP contribution is -2.25. The van der Waals surface area contributed by atoms with Gasteiger partial charge in [-0.05, 0) is 34.9 Å². The summed E-state index contributed by atoms with van der Waals surface area (Å²) in [7, 11) is 0. The highest BCUT2D eigenvalue weighted by atomic mass is 19.2. The molecule has 0 saturated carbocycles. The Morgan fingerprint density at radius 1 is 0.763 bits per heavy atom. The molecule has 0 bridgehead atoms. The van der Waals surface area contributed by atoms with Crippen LogP contribution in [0.3, 0.4) is 0 Å². The summed E-state index contributed by atoms with van der Waals surface area (Å²) in [5.41, 5.74) is 2.71. The van der Waals surface area contributed by atoms with Gasteiger partial charge >= 0.3 is 0 Å². The summed E-state index contributed by atoms with van der Waals surface area (Å²) >= 11 is 0. The SMILES string of the molecule is CCCCn1c(CN(Cc2c(F)ccc(F)c2F)Cc2cccc3ccccc23)cnc1-c1ccccc1. The van der Waals surface area contributed by atoms with E-state index in [4.69, 9.17) is 4.98 Å². The van der Waals surface area contributed by atoms with Gasteiger partial charge in [0.05, 0.1) is 11.9 Å². The molecule has 0 saturated heterocycles. The molecule has 0 atom stereocenters. The van der Waals surface area contributed by atoms with E-state index in [0.717, 1.165) is 64.9 Å². The maximum absolute atomic E-state index is 14.8. The minimum absolute atomic E-state index is 0.0850. The van der Waals surface area contributed by atoms with Crippen LogP contribution in [0, 0.1) is 17.5 Å². The topological polar surface area (TPSA) is 21.1 Å². The third-order valence-electron chi connectivity index (χ3n) is 6.89. The minimum Gasteiger partial charge on any atom is -0.327 e. The number of rotatable bonds is 10. The number of benzene rings is 4. The molecule has 1 aromatic heterocycles. The van der Waals surface area contributed by atoms with E-state index < -0.39 is 17.5 Å². The van der Waals surface area contributed by atoms with Gasteiger partial charge in [0.25, 0.3) is 0 Å². The lowest BCUT2D eigenvalue weighted by molar-refractivity contribution is 0.233. The molecule has 0 aliphatic rings. The van der Waals surface area contributed by atoms with E-state index in [1.165, 1.54) is 0 Å². The average molecular weight is 514 g/mol. The van der Waals surface area contributed by atoms with Gasteiger partial charge < -0.3 is 4.57 Å². The Kier molecular flexibility index (Phi) is 7.89. The third-order valence-corrected chi connectivity index (χ3v) is 6.89. The van der Waals surface area contributed by atoms with Crippen LogP contribution in [0.4, 0.5) is 13.2 Å². The predicted molar refractivity (Wildman–Crippen MR) is 146 cm³/mol. The van der Waals surface area contributed by atoms with Crippen molar-refractivity contribution in [2.24, 2.45) is 0 Å². The van der Waals surface area contributed by atoms with Crippen LogP contribution >= 0.6 is 0 Å². The zero-order chi connectivity index (χ0) is 26.5. The Morgan fingerprint density at radius 3 is 2.32 bits per heavy atom. The molecule has 0 spiro atoms. The van der Waals surface area contributed by atoms with Crippen LogP contribution in [0.1, 0.15) is 36.6 Å². The Balaban J connectivity index is 1.54. The smallest absolute Gasteiger partial charge is 0.166 e. The molecule has 3 nitrogen and oxygen atoms in total. The molecule has 4 aromatic carbocycles. The molecule has 0 unspecified atom stereocenters. The first-order chi connectivity index (χ1) is 18.5. The molecule has 6 heteroatoms. The van der Waals surface area contributed by atoms with Crippen LogP contribution in [0.25, 0.3) is 22.2 Å². The summed E-state index contributed by atoms with van der Waals surface area (Å²) in [4.78, 5) is 6.69. The number of fused-ring (bicyclic) bond motifs is 1. The molecule has 5 rings (SSSR count). The van der Waals surface area contributed by atoms with E-state index in [1.807, 2.05) is 83.9 Å². The molecule has 0 radical (unpaired) electrons. The molecule has 0 aliphatic heterocycles. The van der Waals surface area contributed by atoms with Crippen LogP contribution in [0.5, 0.6) is 0 Å². The second-order valence-electron chi connectivity index (χ2n) is 9.55. The lowest BCUT2D eigenvalue weighted by Gasteiger charge is -2.25. The number of hydrogen-bond acceptors (Lipinski definition) is 2. The normalized spacial score (nSPS) is 11.5. The van der Waals surface area contributed by atoms with Crippen molar-refractivity contribution in [1.82, 2.24) is 14.5 Å². The summed E-state index contributed by atoms with van der Waals surface area (Å²) in [6, 6.07) is 25.9. The van der Waals surface area contributed by atoms with Crippen molar-refractivity contribution in [2.75, 3.05) is 0 Å². The van der Waals surface area contributed by atoms with Gasteiger partial charge in [-0.1, -0.05) is 86.1 Å². The maximum Gasteiger partial charge on any atom is 0.166 e. The Morgan fingerprint density at radius 2 is 1.50 bits per heavy atom. The van der Waals surface area contributed by atoms with Gasteiger partial charge in [-0.3, -0.25) is 4.90 Å². The van der Waals surface area contributed by atoms with Gasteiger partial charge in [0.2, 0.25) is 0 Å². The van der Waals surface area contributed by atoms with Crippen molar-refractivity contribution in [3.05, 3.63) is 125 Å². The van der Waals surface area contributed by atoms with Crippen LogP contribution < -0.4 is 0 Å². The number of halogens is 3. The number of imidazole rings is 1. The lowest BCUT2D eigenvalue weighted by atomic mass is 10.0. The average Bonchev–Trinajstić information content (AvgIpc) is 3.34. The van der Waals surface area contributed by atoms with Crippen molar-refractivity contribution < 1.29 is 13.2 Å². The van der Waals surface area contributed by atoms with Crippen molar-refractivity contribution in [2.45, 2.75) is 45.9 Å². The highest BCUT2D eigenvalue weighted by Crippen LogP contribution is 2.26. The van der Waals surface area contributed by atoms with Gasteiger partial charge in [-0.25, -0.2) is 18.2 Å². The largest absolute Gasteiger partial charge is 0.327 e. The first kappa shape index (κ1) is 25.7. The van der Waals surface area contributed by atoms with E-state index in [-0.39, 0.29) is 12.1 Å². The fraction of sp³-hybridized carbons (Fsp3) is 0.219. The molecule has 0 aliphatic carbocycles. The number of unbranched alkanes of at least 4 members (excludes halogenated alkanes) is 1. The highest BCUT2D eigenvalue weighted by molar-refractivity contribution is 5.85. The summed E-state index contributed by atoms with van der Waals surface area (Å²) in [6.45, 7) is 3.65. The quantitative estimate of drug-likeness (QED) is 0.176. The highest BCUT2D eigenvalue weighted by Gasteiger charge is 2.21. The second-order valence-corrected chi connectivity index (χ2v) is 9.55. The Labute approximate surface area is 221 Å². The first-order valence-corrected chi connectivity index (χ1v) is 13.0. The van der Waals surface area contributed by atoms with E-state index in [9.17, 15) is 13.2 Å². The molecule has 5 aromatic rings. The first-order valence-electron chi connectivity index (χ1n) is 13.0. The molecule has 0 amide bonds. The van der Waals surface area contributed by atoms with Crippen LogP contribution in [0.15, 0.2) is 91.1 Å². The fourth-order valence-corrected chi connectivity index (χ4v) is 4.93. The van der Waals surface area contributed by atoms with Crippen LogP contribution in [0.2, 0.25) is 0 Å². The third kappa shape index (κ3) is 5.50. The van der Waals surface area contributed by atoms with Gasteiger partial charge in [0, 0.05) is 37.3 Å². The van der Waals surface area contributed by atoms with Crippen molar-refractivity contribution in [1.29, 1.82) is 0 Å².